The number of benzene rings is 2. The van der Waals surface area contributed by atoms with Crippen LogP contribution in [-0.4, -0.2) is 15.0 Å². The zero-order chi connectivity index (χ0) is 27.2. The number of thiazole rings is 1. The van der Waals surface area contributed by atoms with Gasteiger partial charge in [-0.3, -0.25) is 0 Å². The molecule has 0 aliphatic carbocycles. The van der Waals surface area contributed by atoms with Crippen molar-refractivity contribution in [3.8, 4) is 21.8 Å². The van der Waals surface area contributed by atoms with Gasteiger partial charge in [-0.15, -0.1) is 11.3 Å². The summed E-state index contributed by atoms with van der Waals surface area (Å²) in [6.45, 7) is 17.0. The van der Waals surface area contributed by atoms with Crippen molar-refractivity contribution in [2.24, 2.45) is 0 Å². The van der Waals surface area contributed by atoms with Crippen LogP contribution in [0.15, 0.2) is 66.9 Å². The molecule has 0 saturated heterocycles. The van der Waals surface area contributed by atoms with Crippen molar-refractivity contribution in [2.45, 2.75) is 92.9 Å². The molecule has 0 N–H and O–H groups in total. The second-order valence-corrected chi connectivity index (χ2v) is 10.5. The molecule has 198 valence electrons. The molecule has 0 spiro atoms. The van der Waals surface area contributed by atoms with Crippen molar-refractivity contribution in [1.82, 2.24) is 15.0 Å². The van der Waals surface area contributed by atoms with Crippen molar-refractivity contribution in [2.75, 3.05) is 0 Å². The predicted molar refractivity (Wildman–Crippen MR) is 162 cm³/mol. The number of rotatable bonds is 8. The molecule has 0 radical (unpaired) electrons. The third kappa shape index (κ3) is 9.19. The van der Waals surface area contributed by atoms with Gasteiger partial charge in [-0.1, -0.05) is 108 Å². The number of aryl methyl sites for hydroxylation is 2. The third-order valence-corrected chi connectivity index (χ3v) is 7.27. The van der Waals surface area contributed by atoms with Crippen LogP contribution in [0.5, 0.6) is 0 Å². The molecule has 0 saturated carbocycles. The largest absolute Gasteiger partial charge is 0.242 e. The first-order chi connectivity index (χ1) is 17.9. The first-order valence-corrected chi connectivity index (χ1v) is 14.7. The van der Waals surface area contributed by atoms with E-state index in [-0.39, 0.29) is 0 Å². The fourth-order valence-electron chi connectivity index (χ4n) is 4.18. The van der Waals surface area contributed by atoms with E-state index in [1.54, 1.807) is 0 Å². The molecule has 37 heavy (non-hydrogen) atoms. The lowest BCUT2D eigenvalue weighted by Gasteiger charge is -2.11. The van der Waals surface area contributed by atoms with E-state index in [1.807, 2.05) is 50.4 Å². The Labute approximate surface area is 229 Å². The van der Waals surface area contributed by atoms with Gasteiger partial charge in [0.1, 0.15) is 5.82 Å². The van der Waals surface area contributed by atoms with E-state index in [4.69, 9.17) is 4.98 Å². The monoisotopic (exact) mass is 515 g/mol. The predicted octanol–water partition coefficient (Wildman–Crippen LogP) is 10.4. The summed E-state index contributed by atoms with van der Waals surface area (Å²) in [5.74, 6) is 1.99. The minimum Gasteiger partial charge on any atom is -0.242 e. The molecule has 0 aliphatic rings. The molecule has 0 bridgehead atoms. The van der Waals surface area contributed by atoms with Crippen LogP contribution >= 0.6 is 11.3 Å². The molecule has 4 heteroatoms. The highest BCUT2D eigenvalue weighted by atomic mass is 32.1. The van der Waals surface area contributed by atoms with Gasteiger partial charge in [-0.05, 0) is 50.3 Å². The summed E-state index contributed by atoms with van der Waals surface area (Å²) in [5.41, 5.74) is 5.87. The van der Waals surface area contributed by atoms with Crippen molar-refractivity contribution < 1.29 is 0 Å². The molecule has 3 nitrogen and oxygen atoms in total. The van der Waals surface area contributed by atoms with Gasteiger partial charge in [0.25, 0.3) is 0 Å². The van der Waals surface area contributed by atoms with Crippen LogP contribution in [0.3, 0.4) is 0 Å². The Bertz CT molecular complexity index is 1110. The summed E-state index contributed by atoms with van der Waals surface area (Å²) in [6, 6.07) is 21.1. The Morgan fingerprint density at radius 2 is 1.49 bits per heavy atom. The van der Waals surface area contributed by atoms with Crippen LogP contribution in [0.2, 0.25) is 0 Å². The molecule has 0 amide bonds. The Morgan fingerprint density at radius 3 is 2.03 bits per heavy atom. The van der Waals surface area contributed by atoms with Gasteiger partial charge >= 0.3 is 0 Å². The van der Waals surface area contributed by atoms with E-state index in [0.717, 1.165) is 22.1 Å². The first kappa shape index (κ1) is 30.4. The summed E-state index contributed by atoms with van der Waals surface area (Å²) in [6.07, 6.45) is 6.60. The van der Waals surface area contributed by atoms with Crippen LogP contribution in [0.25, 0.3) is 21.8 Å². The van der Waals surface area contributed by atoms with Gasteiger partial charge in [0, 0.05) is 17.7 Å². The summed E-state index contributed by atoms with van der Waals surface area (Å²) >= 11 is 1.81. The molecule has 2 heterocycles. The topological polar surface area (TPSA) is 38.7 Å². The minimum absolute atomic E-state index is 0.537. The second kappa shape index (κ2) is 16.1. The minimum atomic E-state index is 0.537. The van der Waals surface area contributed by atoms with Crippen LogP contribution in [0, 0.1) is 13.8 Å². The molecular formula is C33H45N3S. The van der Waals surface area contributed by atoms with Gasteiger partial charge in [0.15, 0.2) is 0 Å². The Kier molecular flexibility index (Phi) is 13.2. The quantitative estimate of drug-likeness (QED) is 0.234. The molecule has 0 atom stereocenters. The number of nitrogens with zero attached hydrogens (tertiary/aromatic N) is 3. The van der Waals surface area contributed by atoms with E-state index in [9.17, 15) is 0 Å². The molecule has 4 aromatic rings. The molecule has 0 unspecified atom stereocenters. The van der Waals surface area contributed by atoms with Gasteiger partial charge in [0.05, 0.1) is 21.3 Å². The van der Waals surface area contributed by atoms with E-state index < -0.39 is 0 Å². The summed E-state index contributed by atoms with van der Waals surface area (Å²) in [7, 11) is 0. The summed E-state index contributed by atoms with van der Waals surface area (Å²) < 4.78 is 0. The fraction of sp³-hybridized carbons (Fsp3) is 0.424. The van der Waals surface area contributed by atoms with Crippen LogP contribution in [0.1, 0.15) is 101 Å². The zero-order valence-corrected chi connectivity index (χ0v) is 24.9. The van der Waals surface area contributed by atoms with Crippen molar-refractivity contribution in [1.29, 1.82) is 0 Å². The Balaban J connectivity index is 0.000000367. The average Bonchev–Trinajstić information content (AvgIpc) is 3.36. The van der Waals surface area contributed by atoms with Crippen LogP contribution in [0.4, 0.5) is 0 Å². The molecule has 0 aliphatic heterocycles. The summed E-state index contributed by atoms with van der Waals surface area (Å²) in [5, 5.41) is 1.25. The van der Waals surface area contributed by atoms with Crippen LogP contribution in [-0.2, 0) is 0 Å². The maximum atomic E-state index is 5.12. The van der Waals surface area contributed by atoms with E-state index in [2.05, 4.69) is 93.1 Å². The smallest absolute Gasteiger partial charge is 0.125 e. The maximum absolute atomic E-state index is 5.12. The highest BCUT2D eigenvalue weighted by Crippen LogP contribution is 2.40. The number of aromatic nitrogens is 3. The lowest BCUT2D eigenvalue weighted by Crippen LogP contribution is -1.97. The van der Waals surface area contributed by atoms with Crippen LogP contribution < -0.4 is 0 Å². The average molecular weight is 516 g/mol. The number of hydrogen-bond donors (Lipinski definition) is 0. The Hall–Kier alpha value is -2.85. The van der Waals surface area contributed by atoms with Gasteiger partial charge in [-0.2, -0.15) is 0 Å². The van der Waals surface area contributed by atoms with Gasteiger partial charge in [0.2, 0.25) is 0 Å². The lowest BCUT2D eigenvalue weighted by molar-refractivity contribution is 0.558. The maximum Gasteiger partial charge on any atom is 0.125 e. The van der Waals surface area contributed by atoms with E-state index in [0.29, 0.717) is 11.8 Å². The lowest BCUT2D eigenvalue weighted by atomic mass is 9.99. The fourth-order valence-corrected chi connectivity index (χ4v) is 5.41. The van der Waals surface area contributed by atoms with Gasteiger partial charge in [-0.25, -0.2) is 15.0 Å². The molecule has 0 fully saturated rings. The van der Waals surface area contributed by atoms with Gasteiger partial charge < -0.3 is 0 Å². The van der Waals surface area contributed by atoms with Crippen molar-refractivity contribution in [3.05, 3.63) is 88.8 Å². The van der Waals surface area contributed by atoms with Crippen molar-refractivity contribution >= 4 is 11.3 Å². The molecular weight excluding hydrogens is 470 g/mol. The number of hydrogen-bond acceptors (Lipinski definition) is 4. The Morgan fingerprint density at radius 1 is 0.811 bits per heavy atom. The van der Waals surface area contributed by atoms with E-state index >= 15 is 0 Å². The third-order valence-electron chi connectivity index (χ3n) is 6.03. The zero-order valence-electron chi connectivity index (χ0n) is 24.1. The molecule has 2 aromatic heterocycles. The standard InChI is InChI=1S/C22H27N3S.C9H12.C2H6/c1-5-8-17(9-6-2)22-25-20(18-11-7-10-15(3)14-18)21(26-22)19-12-13-23-16(4)24-19;1-8(2)9-6-4-3-5-7-9;1-2/h7,10-14,17H,5-6,8-9H2,1-4H3;3-8H,1-2H3;1-2H3. The van der Waals surface area contributed by atoms with E-state index in [1.165, 1.54) is 47.4 Å². The molecule has 2 aromatic carbocycles. The summed E-state index contributed by atoms with van der Waals surface area (Å²) in [4.78, 5) is 15.2. The highest BCUT2D eigenvalue weighted by Gasteiger charge is 2.21. The highest BCUT2D eigenvalue weighted by molar-refractivity contribution is 7.15. The second-order valence-electron chi connectivity index (χ2n) is 9.43. The SMILES string of the molecule is CC.CC(C)c1ccccc1.CCCC(CCC)c1nc(-c2cccc(C)c2)c(-c2ccnc(C)n2)s1. The normalized spacial score (nSPS) is 10.5. The first-order valence-electron chi connectivity index (χ1n) is 13.9. The van der Waals surface area contributed by atoms with Crippen molar-refractivity contribution in [3.63, 3.8) is 0 Å². The molecule has 4 rings (SSSR count).